The van der Waals surface area contributed by atoms with Crippen LogP contribution in [0.25, 0.3) is 0 Å². The highest BCUT2D eigenvalue weighted by Gasteiger charge is 2.36. The monoisotopic (exact) mass is 452 g/mol. The Hall–Kier alpha value is -2.12. The third-order valence-electron chi connectivity index (χ3n) is 6.67. The van der Waals surface area contributed by atoms with Gasteiger partial charge in [-0.25, -0.2) is 8.78 Å². The first-order chi connectivity index (χ1) is 15.2. The van der Waals surface area contributed by atoms with Gasteiger partial charge in [-0.05, 0) is 43.7 Å². The fourth-order valence-electron chi connectivity index (χ4n) is 4.46. The van der Waals surface area contributed by atoms with Gasteiger partial charge in [0.25, 0.3) is 0 Å². The lowest BCUT2D eigenvalue weighted by Crippen LogP contribution is -2.34. The Balaban J connectivity index is 1.36. The highest BCUT2D eigenvalue weighted by atomic mass is 19.3. The molecule has 1 aliphatic heterocycles. The van der Waals surface area contributed by atoms with Gasteiger partial charge in [-0.1, -0.05) is 31.9 Å². The molecule has 1 saturated carbocycles. The van der Waals surface area contributed by atoms with Crippen molar-refractivity contribution >= 4 is 0 Å². The van der Waals surface area contributed by atoms with E-state index in [2.05, 4.69) is 11.7 Å². The SMILES string of the molecule is Cc1c(F)cc(OC(F)(F)c2ccc(C3OCC(C4CCC(C)CC4)CO3)cc2)cc1F. The van der Waals surface area contributed by atoms with Gasteiger partial charge in [0.1, 0.15) is 17.4 Å². The number of alkyl halides is 2. The molecule has 0 amide bonds. The van der Waals surface area contributed by atoms with Crippen molar-refractivity contribution < 1.29 is 31.8 Å². The molecule has 4 rings (SSSR count). The number of benzene rings is 2. The van der Waals surface area contributed by atoms with Gasteiger partial charge in [0.2, 0.25) is 0 Å². The molecule has 2 fully saturated rings. The fraction of sp³-hybridized carbons (Fsp3) is 0.520. The van der Waals surface area contributed by atoms with Crippen molar-refractivity contribution in [2.45, 2.75) is 51.9 Å². The molecule has 0 spiro atoms. The largest absolute Gasteiger partial charge is 0.429 e. The van der Waals surface area contributed by atoms with Crippen LogP contribution in [0, 0.1) is 36.3 Å². The lowest BCUT2D eigenvalue weighted by atomic mass is 9.76. The van der Waals surface area contributed by atoms with E-state index in [9.17, 15) is 17.6 Å². The van der Waals surface area contributed by atoms with Crippen LogP contribution in [0.3, 0.4) is 0 Å². The lowest BCUT2D eigenvalue weighted by molar-refractivity contribution is -0.214. The van der Waals surface area contributed by atoms with Gasteiger partial charge in [-0.3, -0.25) is 0 Å². The number of hydrogen-bond donors (Lipinski definition) is 0. The maximum Gasteiger partial charge on any atom is 0.426 e. The molecule has 2 aliphatic rings. The summed E-state index contributed by atoms with van der Waals surface area (Å²) in [5, 5.41) is 0. The van der Waals surface area contributed by atoms with Gasteiger partial charge in [0.05, 0.1) is 18.8 Å². The molecular formula is C25H28F4O3. The minimum absolute atomic E-state index is 0.252. The van der Waals surface area contributed by atoms with E-state index in [1.807, 2.05) is 0 Å². The number of rotatable bonds is 5. The average Bonchev–Trinajstić information content (AvgIpc) is 2.78. The Morgan fingerprint density at radius 2 is 1.44 bits per heavy atom. The van der Waals surface area contributed by atoms with Crippen LogP contribution in [0.5, 0.6) is 5.75 Å². The summed E-state index contributed by atoms with van der Waals surface area (Å²) in [4.78, 5) is 0. The standard InChI is InChI=1S/C25H28F4O3/c1-15-3-5-17(6-4-15)19-13-30-24(31-14-19)18-7-9-20(10-8-18)25(28,29)32-21-11-22(26)16(2)23(27)12-21/h7-12,15,17,19,24H,3-6,13-14H2,1-2H3. The van der Waals surface area contributed by atoms with Crippen LogP contribution < -0.4 is 4.74 Å². The molecule has 2 aromatic rings. The molecule has 1 heterocycles. The third-order valence-corrected chi connectivity index (χ3v) is 6.67. The first-order valence-corrected chi connectivity index (χ1v) is 11.1. The zero-order chi connectivity index (χ0) is 22.9. The van der Waals surface area contributed by atoms with Crippen LogP contribution in [0.2, 0.25) is 0 Å². The average molecular weight is 452 g/mol. The molecule has 1 aliphatic carbocycles. The predicted octanol–water partition coefficient (Wildman–Crippen LogP) is 6.89. The molecule has 0 atom stereocenters. The molecule has 3 nitrogen and oxygen atoms in total. The zero-order valence-corrected chi connectivity index (χ0v) is 18.3. The van der Waals surface area contributed by atoms with E-state index in [1.165, 1.54) is 56.9 Å². The number of halogens is 4. The topological polar surface area (TPSA) is 27.7 Å². The Kier molecular flexibility index (Phi) is 6.77. The van der Waals surface area contributed by atoms with Crippen LogP contribution in [-0.4, -0.2) is 13.2 Å². The van der Waals surface area contributed by atoms with E-state index >= 15 is 0 Å². The van der Waals surface area contributed by atoms with Crippen molar-refractivity contribution in [3.05, 3.63) is 64.7 Å². The van der Waals surface area contributed by atoms with Gasteiger partial charge in [-0.15, -0.1) is 0 Å². The summed E-state index contributed by atoms with van der Waals surface area (Å²) in [7, 11) is 0. The van der Waals surface area contributed by atoms with E-state index in [4.69, 9.17) is 9.47 Å². The zero-order valence-electron chi connectivity index (χ0n) is 18.3. The molecule has 0 bridgehead atoms. The Morgan fingerprint density at radius 1 is 0.875 bits per heavy atom. The number of hydrogen-bond acceptors (Lipinski definition) is 3. The lowest BCUT2D eigenvalue weighted by Gasteiger charge is -2.37. The molecule has 1 saturated heterocycles. The van der Waals surface area contributed by atoms with Crippen molar-refractivity contribution in [3.8, 4) is 5.75 Å². The minimum Gasteiger partial charge on any atom is -0.429 e. The minimum atomic E-state index is -3.76. The van der Waals surface area contributed by atoms with Gasteiger partial charge < -0.3 is 14.2 Å². The summed E-state index contributed by atoms with van der Waals surface area (Å²) in [6.45, 7) is 4.69. The maximum atomic E-state index is 14.5. The Bertz CT molecular complexity index is 892. The second-order valence-corrected chi connectivity index (χ2v) is 9.03. The highest BCUT2D eigenvalue weighted by Crippen LogP contribution is 2.38. The Labute approximate surface area is 185 Å². The van der Waals surface area contributed by atoms with E-state index in [0.717, 1.165) is 18.1 Å². The van der Waals surface area contributed by atoms with E-state index in [0.29, 0.717) is 30.6 Å². The molecular weight excluding hydrogens is 424 g/mol. The summed E-state index contributed by atoms with van der Waals surface area (Å²) < 4.78 is 72.7. The highest BCUT2D eigenvalue weighted by molar-refractivity contribution is 5.32. The van der Waals surface area contributed by atoms with E-state index in [-0.39, 0.29) is 5.56 Å². The van der Waals surface area contributed by atoms with Crippen molar-refractivity contribution in [2.75, 3.05) is 13.2 Å². The summed E-state index contributed by atoms with van der Waals surface area (Å²) >= 11 is 0. The molecule has 0 N–H and O–H groups in total. The smallest absolute Gasteiger partial charge is 0.426 e. The van der Waals surface area contributed by atoms with Gasteiger partial charge in [-0.2, -0.15) is 8.78 Å². The van der Waals surface area contributed by atoms with Crippen LogP contribution in [-0.2, 0) is 15.6 Å². The molecule has 2 aromatic carbocycles. The maximum absolute atomic E-state index is 14.5. The van der Waals surface area contributed by atoms with Gasteiger partial charge >= 0.3 is 6.11 Å². The molecule has 32 heavy (non-hydrogen) atoms. The summed E-state index contributed by atoms with van der Waals surface area (Å²) in [5.74, 6) is -0.707. The first-order valence-electron chi connectivity index (χ1n) is 11.1. The second-order valence-electron chi connectivity index (χ2n) is 9.03. The quantitative estimate of drug-likeness (QED) is 0.463. The normalized spacial score (nSPS) is 26.7. The van der Waals surface area contributed by atoms with E-state index in [1.54, 1.807) is 0 Å². The van der Waals surface area contributed by atoms with E-state index < -0.39 is 35.3 Å². The molecule has 174 valence electrons. The van der Waals surface area contributed by atoms with Crippen molar-refractivity contribution in [1.29, 1.82) is 0 Å². The Morgan fingerprint density at radius 3 is 2.00 bits per heavy atom. The molecule has 0 radical (unpaired) electrons. The van der Waals surface area contributed by atoms with Crippen LogP contribution in [0.15, 0.2) is 36.4 Å². The molecule has 0 unspecified atom stereocenters. The van der Waals surface area contributed by atoms with Crippen molar-refractivity contribution in [3.63, 3.8) is 0 Å². The van der Waals surface area contributed by atoms with Crippen molar-refractivity contribution in [1.82, 2.24) is 0 Å². The molecule has 7 heteroatoms. The van der Waals surface area contributed by atoms with Gasteiger partial charge in [0, 0.05) is 29.2 Å². The fourth-order valence-corrected chi connectivity index (χ4v) is 4.46. The van der Waals surface area contributed by atoms with Gasteiger partial charge in [0.15, 0.2) is 6.29 Å². The predicted molar refractivity (Wildman–Crippen MR) is 111 cm³/mol. The van der Waals surface area contributed by atoms with Crippen LogP contribution >= 0.6 is 0 Å². The summed E-state index contributed by atoms with van der Waals surface area (Å²) in [6, 6.07) is 6.89. The summed E-state index contributed by atoms with van der Waals surface area (Å²) in [6.07, 6.45) is 0.514. The van der Waals surface area contributed by atoms with Crippen molar-refractivity contribution in [2.24, 2.45) is 17.8 Å². The van der Waals surface area contributed by atoms with Crippen LogP contribution in [0.4, 0.5) is 17.6 Å². The third kappa shape index (κ3) is 5.09. The van der Waals surface area contributed by atoms with Crippen LogP contribution in [0.1, 0.15) is 55.6 Å². The number of ether oxygens (including phenoxy) is 3. The second kappa shape index (κ2) is 9.40. The first kappa shape index (κ1) is 23.1. The molecule has 0 aromatic heterocycles. The summed E-state index contributed by atoms with van der Waals surface area (Å²) in [5.41, 5.74) is -0.0573.